The quantitative estimate of drug-likeness (QED) is 0.609. The van der Waals surface area contributed by atoms with Gasteiger partial charge in [0.2, 0.25) is 0 Å². The number of carbonyl (C=O) groups is 2. The van der Waals surface area contributed by atoms with Crippen molar-refractivity contribution in [3.8, 4) is 0 Å². The smallest absolute Gasteiger partial charge is 0.269 e. The second kappa shape index (κ2) is 15.2. The average Bonchev–Trinajstić information content (AvgIpc) is 2.74. The maximum absolute atomic E-state index is 11.5. The molecule has 0 atom stereocenters. The van der Waals surface area contributed by atoms with E-state index in [1.807, 2.05) is 20.8 Å². The highest BCUT2D eigenvalue weighted by Gasteiger charge is 2.22. The summed E-state index contributed by atoms with van der Waals surface area (Å²) in [6.45, 7) is 8.74. The van der Waals surface area contributed by atoms with Crippen molar-refractivity contribution in [3.63, 3.8) is 0 Å². The summed E-state index contributed by atoms with van der Waals surface area (Å²) < 4.78 is 10.4. The number of ether oxygens (including phenoxy) is 2. The van der Waals surface area contributed by atoms with Crippen LogP contribution >= 0.6 is 0 Å². The summed E-state index contributed by atoms with van der Waals surface area (Å²) in [5, 5.41) is 2.72. The van der Waals surface area contributed by atoms with Crippen LogP contribution in [0.5, 0.6) is 0 Å². The minimum atomic E-state index is -0.181. The zero-order chi connectivity index (χ0) is 20.6. The van der Waals surface area contributed by atoms with Gasteiger partial charge in [-0.05, 0) is 31.9 Å². The maximum atomic E-state index is 11.5. The molecule has 0 unspecified atom stereocenters. The maximum Gasteiger partial charge on any atom is 0.269 e. The number of rotatable bonds is 10. The van der Waals surface area contributed by atoms with Crippen LogP contribution in [0.2, 0.25) is 0 Å². The molecule has 0 bridgehead atoms. The zero-order valence-electron chi connectivity index (χ0n) is 17.6. The Bertz CT molecular complexity index is 549. The molecule has 2 rings (SSSR count). The van der Waals surface area contributed by atoms with E-state index in [-0.39, 0.29) is 13.3 Å². The lowest BCUT2D eigenvalue weighted by molar-refractivity contribution is -0.126. The molecule has 1 aromatic rings. The minimum Gasteiger partial charge on any atom is -0.379 e. The van der Waals surface area contributed by atoms with E-state index >= 15 is 0 Å². The third-order valence-corrected chi connectivity index (χ3v) is 4.58. The molecule has 28 heavy (non-hydrogen) atoms. The van der Waals surface area contributed by atoms with E-state index in [0.717, 1.165) is 12.8 Å². The van der Waals surface area contributed by atoms with Gasteiger partial charge in [0.25, 0.3) is 5.91 Å². The van der Waals surface area contributed by atoms with Gasteiger partial charge in [-0.15, -0.1) is 0 Å². The summed E-state index contributed by atoms with van der Waals surface area (Å²) >= 11 is 0. The molecular formula is C22H38N2O4. The lowest BCUT2D eigenvalue weighted by atomic mass is 9.83. The third kappa shape index (κ3) is 10.5. The molecule has 0 aliphatic heterocycles. The Balaban J connectivity index is 0.000000568. The molecule has 6 nitrogen and oxygen atoms in total. The van der Waals surface area contributed by atoms with Gasteiger partial charge in [0.15, 0.2) is 0 Å². The van der Waals surface area contributed by atoms with Crippen LogP contribution in [0.15, 0.2) is 24.4 Å². The van der Waals surface area contributed by atoms with Crippen molar-refractivity contribution in [1.82, 2.24) is 10.3 Å². The second-order valence-electron chi connectivity index (χ2n) is 7.17. The van der Waals surface area contributed by atoms with E-state index in [1.54, 1.807) is 24.4 Å². The van der Waals surface area contributed by atoms with Crippen molar-refractivity contribution in [2.24, 2.45) is 11.8 Å². The Morgan fingerprint density at radius 1 is 1.14 bits per heavy atom. The highest BCUT2D eigenvalue weighted by Crippen LogP contribution is 2.26. The van der Waals surface area contributed by atoms with Gasteiger partial charge in [-0.3, -0.25) is 14.6 Å². The fraction of sp³-hybridized carbons (Fsp3) is 0.682. The largest absolute Gasteiger partial charge is 0.379 e. The highest BCUT2D eigenvalue weighted by molar-refractivity contribution is 5.92. The molecule has 0 saturated heterocycles. The lowest BCUT2D eigenvalue weighted by Gasteiger charge is -2.21. The molecule has 0 spiro atoms. The molecule has 1 aliphatic rings. The molecule has 1 saturated carbocycles. The molecule has 0 radical (unpaired) electrons. The van der Waals surface area contributed by atoms with Crippen molar-refractivity contribution in [2.75, 3.05) is 33.0 Å². The number of ketones is 1. The number of nitrogens with zero attached hydrogens (tertiary/aromatic N) is 1. The van der Waals surface area contributed by atoms with Crippen molar-refractivity contribution >= 4 is 11.7 Å². The molecule has 6 heteroatoms. The monoisotopic (exact) mass is 394 g/mol. The first-order valence-corrected chi connectivity index (χ1v) is 10.4. The predicted molar refractivity (Wildman–Crippen MR) is 112 cm³/mol. The van der Waals surface area contributed by atoms with E-state index < -0.39 is 0 Å². The number of hydrogen-bond acceptors (Lipinski definition) is 5. The van der Waals surface area contributed by atoms with E-state index in [4.69, 9.17) is 9.47 Å². The number of nitrogens with one attached hydrogen (secondary N) is 1. The highest BCUT2D eigenvalue weighted by atomic mass is 16.5. The van der Waals surface area contributed by atoms with Crippen LogP contribution < -0.4 is 5.32 Å². The van der Waals surface area contributed by atoms with Crippen LogP contribution in [-0.4, -0.2) is 49.6 Å². The molecule has 1 amide bonds. The first kappa shape index (κ1) is 24.2. The molecule has 1 aromatic heterocycles. The standard InChI is InChI=1S/C12H18N2O3.C10H18O.H2/c1-2-16-9-10-17-8-7-14-12(15)11-5-3-4-6-13-11;1-8(2)10(11)9-6-4-3-5-7-9;/h3-6H,2,7-10H2,1H3,(H,14,15);8-9H,3-7H2,1-2H3;1H. The van der Waals surface area contributed by atoms with Gasteiger partial charge in [-0.1, -0.05) is 39.2 Å². The molecule has 0 aromatic carbocycles. The molecule has 1 heterocycles. The van der Waals surface area contributed by atoms with Crippen molar-refractivity contribution in [1.29, 1.82) is 0 Å². The Kier molecular flexibility index (Phi) is 13.1. The van der Waals surface area contributed by atoms with Crippen LogP contribution in [0, 0.1) is 11.8 Å². The van der Waals surface area contributed by atoms with E-state index in [0.29, 0.717) is 50.4 Å². The van der Waals surface area contributed by atoms with Crippen molar-refractivity contribution < 1.29 is 20.5 Å². The Morgan fingerprint density at radius 2 is 1.86 bits per heavy atom. The fourth-order valence-corrected chi connectivity index (χ4v) is 3.05. The Morgan fingerprint density at radius 3 is 2.46 bits per heavy atom. The van der Waals surface area contributed by atoms with Crippen LogP contribution in [0.4, 0.5) is 0 Å². The second-order valence-corrected chi connectivity index (χ2v) is 7.17. The summed E-state index contributed by atoms with van der Waals surface area (Å²) in [7, 11) is 0. The summed E-state index contributed by atoms with van der Waals surface area (Å²) in [6, 6.07) is 5.22. The van der Waals surface area contributed by atoms with Crippen LogP contribution in [0.1, 0.15) is 64.8 Å². The van der Waals surface area contributed by atoms with Gasteiger partial charge >= 0.3 is 0 Å². The summed E-state index contributed by atoms with van der Waals surface area (Å²) in [5.41, 5.74) is 0.418. The van der Waals surface area contributed by atoms with E-state index in [9.17, 15) is 9.59 Å². The van der Waals surface area contributed by atoms with Crippen LogP contribution in [0.3, 0.4) is 0 Å². The number of hydrogen-bond donors (Lipinski definition) is 1. The molecular weight excluding hydrogens is 356 g/mol. The fourth-order valence-electron chi connectivity index (χ4n) is 3.05. The SMILES string of the molecule is CC(C)C(=O)C1CCCCC1.CCOCCOCCNC(=O)c1ccccn1.[HH]. The number of Topliss-reactive ketones (excluding diaryl/α,β-unsaturated/α-hetero) is 1. The van der Waals surface area contributed by atoms with Gasteiger partial charge < -0.3 is 14.8 Å². The van der Waals surface area contributed by atoms with Crippen molar-refractivity contribution in [2.45, 2.75) is 52.9 Å². The number of amides is 1. The van der Waals surface area contributed by atoms with E-state index in [2.05, 4.69) is 10.3 Å². The third-order valence-electron chi connectivity index (χ3n) is 4.58. The Hall–Kier alpha value is -1.79. The van der Waals surface area contributed by atoms with Crippen LogP contribution in [-0.2, 0) is 14.3 Å². The molecule has 1 aliphatic carbocycles. The molecule has 160 valence electrons. The molecule has 1 fully saturated rings. The predicted octanol–water partition coefficient (Wildman–Crippen LogP) is 3.90. The van der Waals surface area contributed by atoms with Gasteiger partial charge in [0.1, 0.15) is 11.5 Å². The van der Waals surface area contributed by atoms with Gasteiger partial charge in [0.05, 0.1) is 19.8 Å². The van der Waals surface area contributed by atoms with Crippen molar-refractivity contribution in [3.05, 3.63) is 30.1 Å². The minimum absolute atomic E-state index is 0. The normalized spacial score (nSPS) is 14.3. The summed E-state index contributed by atoms with van der Waals surface area (Å²) in [4.78, 5) is 27.0. The first-order chi connectivity index (χ1) is 13.6. The van der Waals surface area contributed by atoms with E-state index in [1.165, 1.54) is 19.3 Å². The molecule has 1 N–H and O–H groups in total. The summed E-state index contributed by atoms with van der Waals surface area (Å²) in [6.07, 6.45) is 7.76. The zero-order valence-corrected chi connectivity index (χ0v) is 17.6. The summed E-state index contributed by atoms with van der Waals surface area (Å²) in [5.74, 6) is 0.963. The Labute approximate surface area is 170 Å². The number of pyridine rings is 1. The average molecular weight is 395 g/mol. The number of aromatic nitrogens is 1. The lowest BCUT2D eigenvalue weighted by Crippen LogP contribution is -2.28. The number of carbonyl (C=O) groups excluding carboxylic acids is 2. The van der Waals surface area contributed by atoms with Gasteiger partial charge in [0, 0.05) is 32.6 Å². The van der Waals surface area contributed by atoms with Gasteiger partial charge in [-0.2, -0.15) is 0 Å². The first-order valence-electron chi connectivity index (χ1n) is 10.4. The topological polar surface area (TPSA) is 77.5 Å². The van der Waals surface area contributed by atoms with Crippen LogP contribution in [0.25, 0.3) is 0 Å². The van der Waals surface area contributed by atoms with Gasteiger partial charge in [-0.25, -0.2) is 0 Å².